The Balaban J connectivity index is 1.73. The molecule has 0 saturated heterocycles. The van der Waals surface area contributed by atoms with Gasteiger partial charge in [-0.15, -0.1) is 0 Å². The predicted octanol–water partition coefficient (Wildman–Crippen LogP) is 3.10. The molecule has 1 atom stereocenters. The van der Waals surface area contributed by atoms with Crippen molar-refractivity contribution in [3.05, 3.63) is 29.3 Å². The average molecular weight is 355 g/mol. The van der Waals surface area contributed by atoms with Crippen molar-refractivity contribution in [1.82, 2.24) is 19.6 Å². The first-order chi connectivity index (χ1) is 11.7. The molecule has 1 aliphatic rings. The summed E-state index contributed by atoms with van der Waals surface area (Å²) in [6, 6.07) is 1.10. The molecule has 2 heterocycles. The van der Waals surface area contributed by atoms with E-state index in [1.165, 1.54) is 4.68 Å². The molecule has 0 spiro atoms. The number of alkyl halides is 3. The topological polar surface area (TPSA) is 64.7 Å². The zero-order chi connectivity index (χ0) is 18.4. The van der Waals surface area contributed by atoms with Gasteiger partial charge < -0.3 is 5.32 Å². The maximum absolute atomic E-state index is 12.9. The number of carbonyl (C=O) groups is 1. The van der Waals surface area contributed by atoms with Crippen LogP contribution < -0.4 is 5.32 Å². The number of anilines is 1. The Morgan fingerprint density at radius 3 is 2.64 bits per heavy atom. The van der Waals surface area contributed by atoms with Crippen molar-refractivity contribution in [2.75, 3.05) is 5.32 Å². The molecule has 0 aromatic carbocycles. The third-order valence-electron chi connectivity index (χ3n) is 4.48. The fraction of sp³-hybridized carbons (Fsp3) is 0.562. The summed E-state index contributed by atoms with van der Waals surface area (Å²) in [5, 5.41) is 10.5. The minimum atomic E-state index is -4.48. The Bertz CT molecular complexity index is 788. The number of aromatic nitrogens is 4. The molecule has 136 valence electrons. The second-order valence-corrected chi connectivity index (χ2v) is 6.57. The summed E-state index contributed by atoms with van der Waals surface area (Å²) < 4.78 is 41.8. The molecule has 1 unspecified atom stereocenters. The first kappa shape index (κ1) is 17.5. The van der Waals surface area contributed by atoms with Gasteiger partial charge in [0.2, 0.25) is 5.91 Å². The zero-order valence-electron chi connectivity index (χ0n) is 14.3. The molecule has 1 fully saturated rings. The van der Waals surface area contributed by atoms with E-state index in [1.807, 2.05) is 6.92 Å². The molecule has 2 aromatic heterocycles. The monoisotopic (exact) mass is 355 g/mol. The van der Waals surface area contributed by atoms with Crippen LogP contribution in [-0.2, 0) is 24.6 Å². The molecule has 0 radical (unpaired) electrons. The van der Waals surface area contributed by atoms with Gasteiger partial charge in [0.15, 0.2) is 5.69 Å². The highest BCUT2D eigenvalue weighted by molar-refractivity contribution is 5.92. The Labute approximate surface area is 143 Å². The summed E-state index contributed by atoms with van der Waals surface area (Å²) in [7, 11) is 1.76. The summed E-state index contributed by atoms with van der Waals surface area (Å²) in [6.07, 6.45) is -1.21. The van der Waals surface area contributed by atoms with Crippen LogP contribution in [0.25, 0.3) is 0 Å². The van der Waals surface area contributed by atoms with Crippen LogP contribution in [0.3, 0.4) is 0 Å². The number of hydrogen-bond donors (Lipinski definition) is 1. The van der Waals surface area contributed by atoms with Crippen molar-refractivity contribution in [2.45, 2.75) is 45.3 Å². The van der Waals surface area contributed by atoms with E-state index in [2.05, 4.69) is 15.5 Å². The Kier molecular flexibility index (Phi) is 4.34. The van der Waals surface area contributed by atoms with Gasteiger partial charge in [-0.3, -0.25) is 14.2 Å². The van der Waals surface area contributed by atoms with Gasteiger partial charge in [0.25, 0.3) is 0 Å². The first-order valence-electron chi connectivity index (χ1n) is 8.11. The van der Waals surface area contributed by atoms with E-state index in [9.17, 15) is 18.0 Å². The van der Waals surface area contributed by atoms with Gasteiger partial charge >= 0.3 is 6.18 Å². The molecule has 1 N–H and O–H groups in total. The fourth-order valence-electron chi connectivity index (χ4n) is 2.64. The third-order valence-corrected chi connectivity index (χ3v) is 4.48. The molecular formula is C16H20F3N5O. The highest BCUT2D eigenvalue weighted by atomic mass is 19.4. The lowest BCUT2D eigenvalue weighted by Gasteiger charge is -2.14. The van der Waals surface area contributed by atoms with E-state index < -0.39 is 17.8 Å². The van der Waals surface area contributed by atoms with Crippen LogP contribution in [0.2, 0.25) is 0 Å². The molecule has 1 saturated carbocycles. The predicted molar refractivity (Wildman–Crippen MR) is 84.9 cm³/mol. The van der Waals surface area contributed by atoms with Crippen LogP contribution in [0.4, 0.5) is 18.9 Å². The number of halogens is 3. The summed E-state index contributed by atoms with van der Waals surface area (Å²) in [5.74, 6) is -0.695. The number of hydrogen-bond acceptors (Lipinski definition) is 3. The lowest BCUT2D eigenvalue weighted by Crippen LogP contribution is -2.26. The smallest absolute Gasteiger partial charge is 0.323 e. The van der Waals surface area contributed by atoms with E-state index in [1.54, 1.807) is 24.9 Å². The minimum absolute atomic E-state index is 0.104. The molecule has 1 amide bonds. The number of nitrogens with one attached hydrogen (secondary N) is 1. The molecule has 1 aliphatic carbocycles. The molecule has 25 heavy (non-hydrogen) atoms. The SMILES string of the molecule is Cc1c(NC(=O)C(C)Cn2nc(C(F)(F)F)cc2C2CC2)cnn1C. The van der Waals surface area contributed by atoms with Crippen LogP contribution >= 0.6 is 0 Å². The first-order valence-corrected chi connectivity index (χ1v) is 8.11. The maximum atomic E-state index is 12.9. The van der Waals surface area contributed by atoms with E-state index in [4.69, 9.17) is 0 Å². The van der Waals surface area contributed by atoms with Gasteiger partial charge in [0.05, 0.1) is 30.0 Å². The minimum Gasteiger partial charge on any atom is -0.323 e. The number of carbonyl (C=O) groups excluding carboxylic acids is 1. The Hall–Kier alpha value is -2.32. The van der Waals surface area contributed by atoms with Gasteiger partial charge in [-0.05, 0) is 25.8 Å². The summed E-state index contributed by atoms with van der Waals surface area (Å²) in [4.78, 5) is 12.4. The highest BCUT2D eigenvalue weighted by Gasteiger charge is 2.38. The summed E-state index contributed by atoms with van der Waals surface area (Å²) >= 11 is 0. The van der Waals surface area contributed by atoms with E-state index in [0.717, 1.165) is 24.6 Å². The molecule has 9 heteroatoms. The normalized spacial score (nSPS) is 16.1. The van der Waals surface area contributed by atoms with E-state index in [0.29, 0.717) is 11.4 Å². The Morgan fingerprint density at radius 2 is 2.12 bits per heavy atom. The van der Waals surface area contributed by atoms with Crippen molar-refractivity contribution < 1.29 is 18.0 Å². The number of amides is 1. The summed E-state index contributed by atoms with van der Waals surface area (Å²) in [6.45, 7) is 3.60. The van der Waals surface area contributed by atoms with Crippen LogP contribution in [0.5, 0.6) is 0 Å². The number of rotatable bonds is 5. The maximum Gasteiger partial charge on any atom is 0.435 e. The molecular weight excluding hydrogens is 335 g/mol. The molecule has 6 nitrogen and oxygen atoms in total. The fourth-order valence-corrected chi connectivity index (χ4v) is 2.64. The Morgan fingerprint density at radius 1 is 1.44 bits per heavy atom. The van der Waals surface area contributed by atoms with Crippen LogP contribution in [0.15, 0.2) is 12.3 Å². The van der Waals surface area contributed by atoms with Gasteiger partial charge in [-0.25, -0.2) is 0 Å². The number of aryl methyl sites for hydroxylation is 1. The molecule has 2 aromatic rings. The van der Waals surface area contributed by atoms with Crippen molar-refractivity contribution in [3.63, 3.8) is 0 Å². The third kappa shape index (κ3) is 3.69. The van der Waals surface area contributed by atoms with Crippen LogP contribution in [0, 0.1) is 12.8 Å². The summed E-state index contributed by atoms with van der Waals surface area (Å²) in [5.41, 5.74) is 1.06. The van der Waals surface area contributed by atoms with E-state index >= 15 is 0 Å². The molecule has 0 aliphatic heterocycles. The van der Waals surface area contributed by atoms with Gasteiger partial charge in [-0.1, -0.05) is 6.92 Å². The van der Waals surface area contributed by atoms with Gasteiger partial charge in [-0.2, -0.15) is 23.4 Å². The largest absolute Gasteiger partial charge is 0.435 e. The second-order valence-electron chi connectivity index (χ2n) is 6.57. The lowest BCUT2D eigenvalue weighted by atomic mass is 10.1. The standard InChI is InChI=1S/C16H20F3N5O/c1-9(15(25)21-12-7-20-23(3)10(12)2)8-24-13(11-4-5-11)6-14(22-24)16(17,18)19/h6-7,9,11H,4-5,8H2,1-3H3,(H,21,25). The highest BCUT2D eigenvalue weighted by Crippen LogP contribution is 2.42. The molecule has 0 bridgehead atoms. The lowest BCUT2D eigenvalue weighted by molar-refractivity contribution is -0.141. The quantitative estimate of drug-likeness (QED) is 0.896. The van der Waals surface area contributed by atoms with Gasteiger partial charge in [0.1, 0.15) is 0 Å². The van der Waals surface area contributed by atoms with Crippen molar-refractivity contribution >= 4 is 11.6 Å². The van der Waals surface area contributed by atoms with Crippen molar-refractivity contribution in [1.29, 1.82) is 0 Å². The van der Waals surface area contributed by atoms with Gasteiger partial charge in [0, 0.05) is 18.7 Å². The number of nitrogens with zero attached hydrogens (tertiary/aromatic N) is 4. The van der Waals surface area contributed by atoms with Crippen molar-refractivity contribution in [3.8, 4) is 0 Å². The van der Waals surface area contributed by atoms with Crippen molar-refractivity contribution in [2.24, 2.45) is 13.0 Å². The van der Waals surface area contributed by atoms with Crippen LogP contribution in [-0.4, -0.2) is 25.5 Å². The second kappa shape index (κ2) is 6.20. The van der Waals surface area contributed by atoms with Crippen LogP contribution in [0.1, 0.15) is 42.8 Å². The molecule has 3 rings (SSSR count). The average Bonchev–Trinajstić information content (AvgIpc) is 3.21. The van der Waals surface area contributed by atoms with E-state index in [-0.39, 0.29) is 18.4 Å². The zero-order valence-corrected chi connectivity index (χ0v) is 14.3.